The molecule has 0 saturated heterocycles. The molecule has 104 valence electrons. The van der Waals surface area contributed by atoms with E-state index in [2.05, 4.69) is 17.1 Å². The molecule has 0 N–H and O–H groups in total. The van der Waals surface area contributed by atoms with Crippen LogP contribution in [0.3, 0.4) is 0 Å². The molecule has 0 saturated carbocycles. The minimum atomic E-state index is 0.650. The van der Waals surface area contributed by atoms with Crippen LogP contribution in [0.25, 0.3) is 33.2 Å². The number of nitriles is 1. The van der Waals surface area contributed by atoms with Gasteiger partial charge in [0.05, 0.1) is 17.3 Å². The zero-order chi connectivity index (χ0) is 15.1. The van der Waals surface area contributed by atoms with E-state index in [1.54, 1.807) is 6.20 Å². The second-order valence-electron chi connectivity index (χ2n) is 5.30. The smallest absolute Gasteiger partial charge is 0.136 e. The summed E-state index contributed by atoms with van der Waals surface area (Å²) in [5.74, 6) is 0. The Morgan fingerprint density at radius 3 is 2.64 bits per heavy atom. The number of furan rings is 1. The van der Waals surface area contributed by atoms with Crippen LogP contribution in [0, 0.1) is 18.3 Å². The van der Waals surface area contributed by atoms with Gasteiger partial charge in [0.25, 0.3) is 0 Å². The summed E-state index contributed by atoms with van der Waals surface area (Å²) in [6.45, 7) is 1.94. The van der Waals surface area contributed by atoms with E-state index in [1.807, 2.05) is 49.4 Å². The molecule has 0 bridgehead atoms. The van der Waals surface area contributed by atoms with Crippen LogP contribution < -0.4 is 0 Å². The topological polar surface area (TPSA) is 49.8 Å². The quantitative estimate of drug-likeness (QED) is 0.503. The fraction of sp³-hybridized carbons (Fsp3) is 0.0526. The first-order valence-corrected chi connectivity index (χ1v) is 7.05. The molecule has 0 amide bonds. The summed E-state index contributed by atoms with van der Waals surface area (Å²) in [4.78, 5) is 4.39. The van der Waals surface area contributed by atoms with Crippen molar-refractivity contribution in [2.24, 2.45) is 0 Å². The molecule has 4 aromatic rings. The summed E-state index contributed by atoms with van der Waals surface area (Å²) in [6, 6.07) is 18.0. The number of benzene rings is 2. The molecule has 0 spiro atoms. The van der Waals surface area contributed by atoms with Gasteiger partial charge in [0.1, 0.15) is 11.2 Å². The van der Waals surface area contributed by atoms with E-state index < -0.39 is 0 Å². The molecule has 0 atom stereocenters. The van der Waals surface area contributed by atoms with Gasteiger partial charge in [-0.2, -0.15) is 5.26 Å². The lowest BCUT2D eigenvalue weighted by Gasteiger charge is -2.00. The van der Waals surface area contributed by atoms with Crippen LogP contribution in [0.1, 0.15) is 11.1 Å². The van der Waals surface area contributed by atoms with Crippen molar-refractivity contribution in [1.82, 2.24) is 4.98 Å². The molecule has 0 fully saturated rings. The lowest BCUT2D eigenvalue weighted by atomic mass is 10.0. The summed E-state index contributed by atoms with van der Waals surface area (Å²) >= 11 is 0. The van der Waals surface area contributed by atoms with Crippen LogP contribution in [0.15, 0.2) is 59.1 Å². The Morgan fingerprint density at radius 1 is 1.00 bits per heavy atom. The van der Waals surface area contributed by atoms with Gasteiger partial charge in [-0.25, -0.2) is 0 Å². The number of fused-ring (bicyclic) bond motifs is 3. The molecule has 4 rings (SSSR count). The monoisotopic (exact) mass is 284 g/mol. The average Bonchev–Trinajstić information content (AvgIpc) is 2.91. The summed E-state index contributed by atoms with van der Waals surface area (Å²) < 4.78 is 5.87. The fourth-order valence-electron chi connectivity index (χ4n) is 2.74. The van der Waals surface area contributed by atoms with Crippen LogP contribution in [-0.2, 0) is 0 Å². The highest BCUT2D eigenvalue weighted by Crippen LogP contribution is 2.33. The van der Waals surface area contributed by atoms with Gasteiger partial charge >= 0.3 is 0 Å². The standard InChI is InChI=1S/C19H12N2O/c1-12-8-15-16-9-13(17-4-2-3-7-21-17)5-6-18(16)22-19(15)10-14(12)11-20/h2-10H,1H3. The third-order valence-corrected chi connectivity index (χ3v) is 3.90. The van der Waals surface area contributed by atoms with E-state index in [0.717, 1.165) is 38.8 Å². The number of nitrogens with zero attached hydrogens (tertiary/aromatic N) is 2. The summed E-state index contributed by atoms with van der Waals surface area (Å²) in [5, 5.41) is 11.2. The van der Waals surface area contributed by atoms with Crippen LogP contribution in [-0.4, -0.2) is 4.98 Å². The van der Waals surface area contributed by atoms with Gasteiger partial charge in [0.2, 0.25) is 0 Å². The number of rotatable bonds is 1. The zero-order valence-corrected chi connectivity index (χ0v) is 12.0. The Morgan fingerprint density at radius 2 is 1.86 bits per heavy atom. The molecule has 0 aliphatic heterocycles. The minimum absolute atomic E-state index is 0.650. The predicted octanol–water partition coefficient (Wildman–Crippen LogP) is 4.83. The van der Waals surface area contributed by atoms with Crippen molar-refractivity contribution in [3.05, 3.63) is 65.9 Å². The first-order chi connectivity index (χ1) is 10.8. The summed E-state index contributed by atoms with van der Waals surface area (Å²) in [7, 11) is 0. The lowest BCUT2D eigenvalue weighted by Crippen LogP contribution is -1.82. The third kappa shape index (κ3) is 1.86. The molecule has 0 aliphatic rings. The van der Waals surface area contributed by atoms with Gasteiger partial charge in [0.15, 0.2) is 0 Å². The van der Waals surface area contributed by atoms with Crippen LogP contribution in [0.5, 0.6) is 0 Å². The SMILES string of the molecule is Cc1cc2c(cc1C#N)oc1ccc(-c3ccccn3)cc12. The van der Waals surface area contributed by atoms with E-state index in [0.29, 0.717) is 5.56 Å². The van der Waals surface area contributed by atoms with Gasteiger partial charge in [-0.3, -0.25) is 4.98 Å². The summed E-state index contributed by atoms with van der Waals surface area (Å²) in [6.07, 6.45) is 1.79. The molecular formula is C19H12N2O. The third-order valence-electron chi connectivity index (χ3n) is 3.90. The number of hydrogen-bond donors (Lipinski definition) is 0. The molecule has 0 radical (unpaired) electrons. The van der Waals surface area contributed by atoms with Crippen molar-refractivity contribution in [3.63, 3.8) is 0 Å². The Hall–Kier alpha value is -3.12. The van der Waals surface area contributed by atoms with Gasteiger partial charge in [-0.1, -0.05) is 6.07 Å². The average molecular weight is 284 g/mol. The maximum atomic E-state index is 9.15. The van der Waals surface area contributed by atoms with Crippen LogP contribution >= 0.6 is 0 Å². The van der Waals surface area contributed by atoms with Crippen molar-refractivity contribution in [2.45, 2.75) is 6.92 Å². The number of aryl methyl sites for hydroxylation is 1. The molecular weight excluding hydrogens is 272 g/mol. The largest absolute Gasteiger partial charge is 0.456 e. The second kappa shape index (κ2) is 4.71. The normalized spacial score (nSPS) is 10.9. The molecule has 2 aromatic carbocycles. The second-order valence-corrected chi connectivity index (χ2v) is 5.30. The highest BCUT2D eigenvalue weighted by molar-refractivity contribution is 6.06. The molecule has 2 heterocycles. The maximum Gasteiger partial charge on any atom is 0.136 e. The molecule has 2 aromatic heterocycles. The fourth-order valence-corrected chi connectivity index (χ4v) is 2.74. The molecule has 3 heteroatoms. The molecule has 3 nitrogen and oxygen atoms in total. The molecule has 0 unspecified atom stereocenters. The van der Waals surface area contributed by atoms with E-state index in [4.69, 9.17) is 9.68 Å². The van der Waals surface area contributed by atoms with E-state index in [1.165, 1.54) is 0 Å². The molecule has 22 heavy (non-hydrogen) atoms. The molecule has 0 aliphatic carbocycles. The highest BCUT2D eigenvalue weighted by Gasteiger charge is 2.11. The van der Waals surface area contributed by atoms with Crippen molar-refractivity contribution < 1.29 is 4.42 Å². The van der Waals surface area contributed by atoms with E-state index in [9.17, 15) is 0 Å². The Labute approximate surface area is 127 Å². The van der Waals surface area contributed by atoms with Gasteiger partial charge < -0.3 is 4.42 Å². The van der Waals surface area contributed by atoms with Crippen molar-refractivity contribution in [2.75, 3.05) is 0 Å². The van der Waals surface area contributed by atoms with E-state index in [-0.39, 0.29) is 0 Å². The van der Waals surface area contributed by atoms with Crippen LogP contribution in [0.4, 0.5) is 0 Å². The number of pyridine rings is 1. The Kier molecular flexibility index (Phi) is 2.70. The number of aromatic nitrogens is 1. The first kappa shape index (κ1) is 12.6. The number of hydrogen-bond acceptors (Lipinski definition) is 3. The van der Waals surface area contributed by atoms with Gasteiger partial charge in [-0.15, -0.1) is 0 Å². The van der Waals surface area contributed by atoms with E-state index >= 15 is 0 Å². The first-order valence-electron chi connectivity index (χ1n) is 7.05. The predicted molar refractivity (Wildman–Crippen MR) is 86.4 cm³/mol. The zero-order valence-electron chi connectivity index (χ0n) is 12.0. The Balaban J connectivity index is 2.01. The van der Waals surface area contributed by atoms with Crippen molar-refractivity contribution >= 4 is 21.9 Å². The van der Waals surface area contributed by atoms with Crippen molar-refractivity contribution in [1.29, 1.82) is 5.26 Å². The lowest BCUT2D eigenvalue weighted by molar-refractivity contribution is 0.668. The maximum absolute atomic E-state index is 9.15. The summed E-state index contributed by atoms with van der Waals surface area (Å²) in [5.41, 5.74) is 5.17. The van der Waals surface area contributed by atoms with Gasteiger partial charge in [0, 0.05) is 22.5 Å². The van der Waals surface area contributed by atoms with Crippen molar-refractivity contribution in [3.8, 4) is 17.3 Å². The van der Waals surface area contributed by atoms with Crippen LogP contribution in [0.2, 0.25) is 0 Å². The minimum Gasteiger partial charge on any atom is -0.456 e. The van der Waals surface area contributed by atoms with Gasteiger partial charge in [-0.05, 0) is 55.0 Å². The highest BCUT2D eigenvalue weighted by atomic mass is 16.3. The Bertz CT molecular complexity index is 1040.